The van der Waals surface area contributed by atoms with Gasteiger partial charge in [-0.3, -0.25) is 0 Å². The number of hydrogen-bond acceptors (Lipinski definition) is 1. The summed E-state index contributed by atoms with van der Waals surface area (Å²) < 4.78 is 12.7. The van der Waals surface area contributed by atoms with Crippen molar-refractivity contribution in [2.24, 2.45) is 0 Å². The first-order chi connectivity index (χ1) is 5.65. The largest absolute Gasteiger partial charge is 0.396 e. The number of hydrogen-bond donors (Lipinski definition) is 1. The van der Waals surface area contributed by atoms with Crippen LogP contribution in [0.2, 0.25) is 0 Å². The van der Waals surface area contributed by atoms with Crippen molar-refractivity contribution in [1.82, 2.24) is 0 Å². The molecule has 2 heteroatoms. The Hall–Kier alpha value is -1.05. The molecule has 12 heavy (non-hydrogen) atoms. The summed E-state index contributed by atoms with van der Waals surface area (Å²) in [7, 11) is 0. The number of halogens is 1. The third-order valence-corrected chi connectivity index (χ3v) is 2.20. The van der Waals surface area contributed by atoms with E-state index in [0.717, 1.165) is 12.0 Å². The monoisotopic (exact) mass is 167 g/mol. The number of nitrogens with two attached hydrogens (primary N) is 1. The first-order valence-corrected chi connectivity index (χ1v) is 4.20. The second kappa shape index (κ2) is 3.57. The van der Waals surface area contributed by atoms with Crippen molar-refractivity contribution in [2.75, 3.05) is 5.73 Å². The molecule has 0 bridgehead atoms. The standard InChI is InChI=1S/C10H14FN/c1-3-7(2)8-4-5-9(11)10(12)6-8/h4-7H,3,12H2,1-2H3. The van der Waals surface area contributed by atoms with Gasteiger partial charge in [-0.05, 0) is 30.0 Å². The second-order valence-corrected chi connectivity index (χ2v) is 3.09. The fraction of sp³-hybridized carbons (Fsp3) is 0.400. The number of rotatable bonds is 2. The second-order valence-electron chi connectivity index (χ2n) is 3.09. The summed E-state index contributed by atoms with van der Waals surface area (Å²) in [6.45, 7) is 4.21. The van der Waals surface area contributed by atoms with Gasteiger partial charge >= 0.3 is 0 Å². The molecule has 0 aromatic heterocycles. The Bertz CT molecular complexity index is 271. The van der Waals surface area contributed by atoms with Gasteiger partial charge in [0.25, 0.3) is 0 Å². The number of anilines is 1. The molecule has 0 saturated carbocycles. The fourth-order valence-corrected chi connectivity index (χ4v) is 1.10. The van der Waals surface area contributed by atoms with Gasteiger partial charge in [0, 0.05) is 0 Å². The molecule has 1 nitrogen and oxygen atoms in total. The molecule has 1 atom stereocenters. The van der Waals surface area contributed by atoms with Crippen molar-refractivity contribution in [3.63, 3.8) is 0 Å². The zero-order valence-electron chi connectivity index (χ0n) is 7.47. The third-order valence-electron chi connectivity index (χ3n) is 2.20. The van der Waals surface area contributed by atoms with Crippen LogP contribution in [0.25, 0.3) is 0 Å². The number of benzene rings is 1. The van der Waals surface area contributed by atoms with E-state index >= 15 is 0 Å². The average molecular weight is 167 g/mol. The first-order valence-electron chi connectivity index (χ1n) is 4.20. The molecule has 0 aliphatic carbocycles. The maximum Gasteiger partial charge on any atom is 0.146 e. The van der Waals surface area contributed by atoms with Gasteiger partial charge in [0.05, 0.1) is 5.69 Å². The minimum Gasteiger partial charge on any atom is -0.396 e. The van der Waals surface area contributed by atoms with Gasteiger partial charge in [-0.25, -0.2) is 4.39 Å². The van der Waals surface area contributed by atoms with Crippen LogP contribution in [0.5, 0.6) is 0 Å². The fourth-order valence-electron chi connectivity index (χ4n) is 1.10. The van der Waals surface area contributed by atoms with Crippen LogP contribution in [0.4, 0.5) is 10.1 Å². The first kappa shape index (κ1) is 9.04. The normalized spacial score (nSPS) is 12.9. The Balaban J connectivity index is 2.96. The highest BCUT2D eigenvalue weighted by Gasteiger charge is 2.04. The van der Waals surface area contributed by atoms with Gasteiger partial charge in [0.15, 0.2) is 0 Å². The van der Waals surface area contributed by atoms with Crippen molar-refractivity contribution < 1.29 is 4.39 Å². The topological polar surface area (TPSA) is 26.0 Å². The SMILES string of the molecule is CCC(C)c1ccc(F)c(N)c1. The zero-order valence-corrected chi connectivity index (χ0v) is 7.47. The lowest BCUT2D eigenvalue weighted by molar-refractivity contribution is 0.629. The van der Waals surface area contributed by atoms with Gasteiger partial charge in [-0.2, -0.15) is 0 Å². The maximum atomic E-state index is 12.7. The molecule has 1 aromatic carbocycles. The van der Waals surface area contributed by atoms with Crippen molar-refractivity contribution >= 4 is 5.69 Å². The molecule has 0 aliphatic rings. The van der Waals surface area contributed by atoms with Crippen molar-refractivity contribution in [3.8, 4) is 0 Å². The highest BCUT2D eigenvalue weighted by molar-refractivity contribution is 5.43. The Morgan fingerprint density at radius 1 is 1.50 bits per heavy atom. The van der Waals surface area contributed by atoms with Crippen LogP contribution in [-0.4, -0.2) is 0 Å². The molecule has 0 saturated heterocycles. The van der Waals surface area contributed by atoms with Gasteiger partial charge < -0.3 is 5.73 Å². The van der Waals surface area contributed by atoms with E-state index in [2.05, 4.69) is 13.8 Å². The van der Waals surface area contributed by atoms with Gasteiger partial charge in [0.1, 0.15) is 5.82 Å². The predicted molar refractivity (Wildman–Crippen MR) is 49.5 cm³/mol. The summed E-state index contributed by atoms with van der Waals surface area (Å²) in [6.07, 6.45) is 1.05. The summed E-state index contributed by atoms with van der Waals surface area (Å²) in [5, 5.41) is 0. The lowest BCUT2D eigenvalue weighted by Gasteiger charge is -2.09. The summed E-state index contributed by atoms with van der Waals surface area (Å²) in [5.41, 5.74) is 6.79. The third kappa shape index (κ3) is 1.76. The molecule has 0 radical (unpaired) electrons. The predicted octanol–water partition coefficient (Wildman–Crippen LogP) is 2.92. The molecule has 1 unspecified atom stereocenters. The molecular weight excluding hydrogens is 153 g/mol. The van der Waals surface area contributed by atoms with Crippen LogP contribution in [0.3, 0.4) is 0 Å². The van der Waals surface area contributed by atoms with Crippen LogP contribution in [0, 0.1) is 5.82 Å². The van der Waals surface area contributed by atoms with E-state index in [1.165, 1.54) is 6.07 Å². The molecule has 0 aliphatic heterocycles. The summed E-state index contributed by atoms with van der Waals surface area (Å²) in [4.78, 5) is 0. The Kier molecular flexibility index (Phi) is 2.69. The van der Waals surface area contributed by atoms with Crippen molar-refractivity contribution in [2.45, 2.75) is 26.2 Å². The van der Waals surface area contributed by atoms with Gasteiger partial charge in [0.2, 0.25) is 0 Å². The molecule has 0 spiro atoms. The van der Waals surface area contributed by atoms with Crippen LogP contribution < -0.4 is 5.73 Å². The average Bonchev–Trinajstić information content (AvgIpc) is 2.08. The lowest BCUT2D eigenvalue weighted by Crippen LogP contribution is -1.96. The lowest BCUT2D eigenvalue weighted by atomic mass is 9.98. The minimum atomic E-state index is -0.331. The molecule has 2 N–H and O–H groups in total. The van der Waals surface area contributed by atoms with E-state index in [4.69, 9.17) is 5.73 Å². The molecule has 0 amide bonds. The van der Waals surface area contributed by atoms with Crippen LogP contribution in [-0.2, 0) is 0 Å². The van der Waals surface area contributed by atoms with Crippen LogP contribution in [0.15, 0.2) is 18.2 Å². The summed E-state index contributed by atoms with van der Waals surface area (Å²) in [5.74, 6) is 0.120. The van der Waals surface area contributed by atoms with Gasteiger partial charge in [-0.1, -0.05) is 19.9 Å². The molecular formula is C10H14FN. The number of nitrogen functional groups attached to an aromatic ring is 1. The minimum absolute atomic E-state index is 0.243. The smallest absolute Gasteiger partial charge is 0.146 e. The van der Waals surface area contributed by atoms with Crippen LogP contribution >= 0.6 is 0 Å². The Labute approximate surface area is 72.4 Å². The summed E-state index contributed by atoms with van der Waals surface area (Å²) >= 11 is 0. The highest BCUT2D eigenvalue weighted by Crippen LogP contribution is 2.21. The Morgan fingerprint density at radius 2 is 2.17 bits per heavy atom. The molecule has 1 aromatic rings. The molecule has 0 fully saturated rings. The van der Waals surface area contributed by atoms with Gasteiger partial charge in [-0.15, -0.1) is 0 Å². The molecule has 0 heterocycles. The van der Waals surface area contributed by atoms with Crippen LogP contribution in [0.1, 0.15) is 31.7 Å². The van der Waals surface area contributed by atoms with Crippen molar-refractivity contribution in [1.29, 1.82) is 0 Å². The van der Waals surface area contributed by atoms with Crippen molar-refractivity contribution in [3.05, 3.63) is 29.6 Å². The van der Waals surface area contributed by atoms with E-state index in [1.54, 1.807) is 12.1 Å². The molecule has 66 valence electrons. The van der Waals surface area contributed by atoms with E-state index < -0.39 is 0 Å². The van der Waals surface area contributed by atoms with E-state index in [-0.39, 0.29) is 11.5 Å². The van der Waals surface area contributed by atoms with E-state index in [9.17, 15) is 4.39 Å². The summed E-state index contributed by atoms with van der Waals surface area (Å²) in [6, 6.07) is 4.93. The quantitative estimate of drug-likeness (QED) is 0.673. The highest BCUT2D eigenvalue weighted by atomic mass is 19.1. The van der Waals surface area contributed by atoms with E-state index in [1.807, 2.05) is 0 Å². The zero-order chi connectivity index (χ0) is 9.14. The molecule has 1 rings (SSSR count). The van der Waals surface area contributed by atoms with E-state index in [0.29, 0.717) is 5.92 Å². The Morgan fingerprint density at radius 3 is 2.67 bits per heavy atom. The maximum absolute atomic E-state index is 12.7.